The fourth-order valence-electron chi connectivity index (χ4n) is 2.27. The molecule has 0 bridgehead atoms. The summed E-state index contributed by atoms with van der Waals surface area (Å²) < 4.78 is 1.89. The molecule has 1 heterocycles. The maximum atomic E-state index is 9.52. The van der Waals surface area contributed by atoms with Crippen LogP contribution in [0.25, 0.3) is 0 Å². The molecule has 1 aromatic carbocycles. The summed E-state index contributed by atoms with van der Waals surface area (Å²) in [6.45, 7) is 4.88. The summed E-state index contributed by atoms with van der Waals surface area (Å²) >= 11 is 0. The highest BCUT2D eigenvalue weighted by molar-refractivity contribution is 5.25. The minimum absolute atomic E-state index is 0.0415. The van der Waals surface area contributed by atoms with Crippen molar-refractivity contribution in [2.24, 2.45) is 7.05 Å². The van der Waals surface area contributed by atoms with Crippen LogP contribution in [0.1, 0.15) is 28.6 Å². The van der Waals surface area contributed by atoms with E-state index in [1.54, 1.807) is 0 Å². The van der Waals surface area contributed by atoms with Crippen molar-refractivity contribution in [3.63, 3.8) is 0 Å². The van der Waals surface area contributed by atoms with Crippen molar-refractivity contribution in [3.05, 3.63) is 52.8 Å². The Labute approximate surface area is 114 Å². The van der Waals surface area contributed by atoms with Gasteiger partial charge in [-0.05, 0) is 19.4 Å². The van der Waals surface area contributed by atoms with Crippen molar-refractivity contribution < 1.29 is 5.11 Å². The Balaban J connectivity index is 2.08. The number of hydrogen-bond acceptors (Lipinski definition) is 3. The number of nitrogens with zero attached hydrogens (tertiary/aromatic N) is 2. The van der Waals surface area contributed by atoms with Gasteiger partial charge in [-0.15, -0.1) is 0 Å². The van der Waals surface area contributed by atoms with Gasteiger partial charge in [-0.1, -0.05) is 30.3 Å². The van der Waals surface area contributed by atoms with Gasteiger partial charge in [0.15, 0.2) is 0 Å². The summed E-state index contributed by atoms with van der Waals surface area (Å²) in [6.07, 6.45) is 0. The fraction of sp³-hybridized carbons (Fsp3) is 0.400. The van der Waals surface area contributed by atoms with Gasteiger partial charge in [0.1, 0.15) is 0 Å². The molecular weight excluding hydrogens is 238 g/mol. The lowest BCUT2D eigenvalue weighted by Crippen LogP contribution is -2.24. The Morgan fingerprint density at radius 1 is 1.26 bits per heavy atom. The topological polar surface area (TPSA) is 50.1 Å². The summed E-state index contributed by atoms with van der Waals surface area (Å²) in [5, 5.41) is 17.3. The average molecular weight is 259 g/mol. The van der Waals surface area contributed by atoms with Crippen LogP contribution in [0.2, 0.25) is 0 Å². The number of nitrogens with one attached hydrogen (secondary N) is 1. The second-order valence-electron chi connectivity index (χ2n) is 4.80. The summed E-state index contributed by atoms with van der Waals surface area (Å²) in [4.78, 5) is 0. The van der Waals surface area contributed by atoms with E-state index in [4.69, 9.17) is 0 Å². The lowest BCUT2D eigenvalue weighted by molar-refractivity contribution is 0.243. The quantitative estimate of drug-likeness (QED) is 0.861. The first-order chi connectivity index (χ1) is 9.13. The number of aromatic nitrogens is 2. The molecule has 1 aromatic heterocycles. The van der Waals surface area contributed by atoms with Crippen molar-refractivity contribution in [2.45, 2.75) is 26.4 Å². The van der Waals surface area contributed by atoms with Crippen LogP contribution in [0.3, 0.4) is 0 Å². The van der Waals surface area contributed by atoms with Crippen LogP contribution in [0.4, 0.5) is 0 Å². The van der Waals surface area contributed by atoms with Gasteiger partial charge in [0, 0.05) is 24.8 Å². The standard InChI is InChI=1S/C15H21N3O/c1-11-14(12(2)18(3)17-11)9-16-15(10-19)13-7-5-4-6-8-13/h4-8,15-16,19H,9-10H2,1-3H3/t15-/m1/s1. The number of rotatable bonds is 5. The Morgan fingerprint density at radius 2 is 1.95 bits per heavy atom. The first-order valence-electron chi connectivity index (χ1n) is 6.51. The summed E-state index contributed by atoms with van der Waals surface area (Å²) in [7, 11) is 1.95. The van der Waals surface area contributed by atoms with E-state index in [-0.39, 0.29) is 12.6 Å². The van der Waals surface area contributed by atoms with E-state index in [1.165, 1.54) is 5.56 Å². The molecule has 19 heavy (non-hydrogen) atoms. The third-order valence-corrected chi connectivity index (χ3v) is 3.57. The van der Waals surface area contributed by atoms with E-state index in [0.717, 1.165) is 17.0 Å². The van der Waals surface area contributed by atoms with E-state index in [0.29, 0.717) is 6.54 Å². The van der Waals surface area contributed by atoms with Crippen LogP contribution in [0.5, 0.6) is 0 Å². The summed E-state index contributed by atoms with van der Waals surface area (Å²) in [5.41, 5.74) is 4.51. The van der Waals surface area contributed by atoms with Gasteiger partial charge in [-0.2, -0.15) is 5.10 Å². The van der Waals surface area contributed by atoms with Crippen molar-refractivity contribution in [2.75, 3.05) is 6.61 Å². The zero-order chi connectivity index (χ0) is 13.8. The molecule has 0 saturated carbocycles. The Hall–Kier alpha value is -1.65. The molecule has 2 rings (SSSR count). The van der Waals surface area contributed by atoms with Gasteiger partial charge in [0.25, 0.3) is 0 Å². The van der Waals surface area contributed by atoms with E-state index < -0.39 is 0 Å². The summed E-state index contributed by atoms with van der Waals surface area (Å²) in [6, 6.07) is 9.96. The molecule has 0 saturated heterocycles. The molecule has 0 aliphatic rings. The van der Waals surface area contributed by atoms with Gasteiger partial charge in [-0.3, -0.25) is 4.68 Å². The zero-order valence-electron chi connectivity index (χ0n) is 11.7. The number of aryl methyl sites for hydroxylation is 2. The molecule has 4 heteroatoms. The molecule has 0 amide bonds. The second-order valence-corrected chi connectivity index (χ2v) is 4.80. The molecule has 2 N–H and O–H groups in total. The first-order valence-corrected chi connectivity index (χ1v) is 6.51. The molecule has 0 aliphatic heterocycles. The highest BCUT2D eigenvalue weighted by Crippen LogP contribution is 2.16. The van der Waals surface area contributed by atoms with Gasteiger partial charge in [0.2, 0.25) is 0 Å². The fourth-order valence-corrected chi connectivity index (χ4v) is 2.27. The predicted octanol–water partition coefficient (Wildman–Crippen LogP) is 1.86. The van der Waals surface area contributed by atoms with Crippen LogP contribution in [-0.4, -0.2) is 21.5 Å². The maximum absolute atomic E-state index is 9.52. The molecule has 1 atom stereocenters. The largest absolute Gasteiger partial charge is 0.394 e. The van der Waals surface area contributed by atoms with E-state index in [1.807, 2.05) is 49.0 Å². The minimum Gasteiger partial charge on any atom is -0.394 e. The minimum atomic E-state index is -0.0415. The van der Waals surface area contributed by atoms with Crippen molar-refractivity contribution >= 4 is 0 Å². The molecule has 2 aromatic rings. The molecule has 0 aliphatic carbocycles. The van der Waals surface area contributed by atoms with Gasteiger partial charge >= 0.3 is 0 Å². The summed E-state index contributed by atoms with van der Waals surface area (Å²) in [5.74, 6) is 0. The smallest absolute Gasteiger partial charge is 0.0641 e. The Bertz CT molecular complexity index is 534. The van der Waals surface area contributed by atoms with Crippen molar-refractivity contribution in [3.8, 4) is 0 Å². The third-order valence-electron chi connectivity index (χ3n) is 3.57. The number of benzene rings is 1. The van der Waals surface area contributed by atoms with E-state index >= 15 is 0 Å². The van der Waals surface area contributed by atoms with Crippen LogP contribution < -0.4 is 5.32 Å². The molecule has 0 spiro atoms. The highest BCUT2D eigenvalue weighted by atomic mass is 16.3. The zero-order valence-corrected chi connectivity index (χ0v) is 11.7. The Morgan fingerprint density at radius 3 is 2.47 bits per heavy atom. The van der Waals surface area contributed by atoms with Gasteiger partial charge in [-0.25, -0.2) is 0 Å². The van der Waals surface area contributed by atoms with Gasteiger partial charge in [0.05, 0.1) is 18.3 Å². The second kappa shape index (κ2) is 5.99. The van der Waals surface area contributed by atoms with Gasteiger partial charge < -0.3 is 10.4 Å². The maximum Gasteiger partial charge on any atom is 0.0641 e. The van der Waals surface area contributed by atoms with E-state index in [2.05, 4.69) is 17.3 Å². The number of aliphatic hydroxyl groups is 1. The average Bonchev–Trinajstić information content (AvgIpc) is 2.66. The molecule has 0 radical (unpaired) electrons. The normalized spacial score (nSPS) is 12.6. The van der Waals surface area contributed by atoms with Crippen molar-refractivity contribution in [1.82, 2.24) is 15.1 Å². The van der Waals surface area contributed by atoms with Crippen LogP contribution >= 0.6 is 0 Å². The van der Waals surface area contributed by atoms with E-state index in [9.17, 15) is 5.11 Å². The molecule has 102 valence electrons. The van der Waals surface area contributed by atoms with Crippen molar-refractivity contribution in [1.29, 1.82) is 0 Å². The number of aliphatic hydroxyl groups excluding tert-OH is 1. The third kappa shape index (κ3) is 3.03. The molecule has 0 fully saturated rings. The lowest BCUT2D eigenvalue weighted by atomic mass is 10.1. The highest BCUT2D eigenvalue weighted by Gasteiger charge is 2.13. The number of hydrogen-bond donors (Lipinski definition) is 2. The Kier molecular flexibility index (Phi) is 4.35. The molecule has 0 unspecified atom stereocenters. The first kappa shape index (κ1) is 13.8. The molecule has 4 nitrogen and oxygen atoms in total. The van der Waals surface area contributed by atoms with Crippen LogP contribution in [-0.2, 0) is 13.6 Å². The monoisotopic (exact) mass is 259 g/mol. The predicted molar refractivity (Wildman–Crippen MR) is 75.8 cm³/mol. The lowest BCUT2D eigenvalue weighted by Gasteiger charge is -2.16. The van der Waals surface area contributed by atoms with Crippen LogP contribution in [0.15, 0.2) is 30.3 Å². The SMILES string of the molecule is Cc1nn(C)c(C)c1CN[C@H](CO)c1ccccc1. The van der Waals surface area contributed by atoms with Crippen LogP contribution in [0, 0.1) is 13.8 Å². The molecular formula is C15H21N3O.